The molecule has 0 radical (unpaired) electrons. The monoisotopic (exact) mass is 344 g/mol. The molecule has 3 rings (SSSR count). The average molecular weight is 344 g/mol. The summed E-state index contributed by atoms with van der Waals surface area (Å²) in [6.07, 6.45) is 6.13. The predicted molar refractivity (Wildman–Crippen MR) is 95.3 cm³/mol. The highest BCUT2D eigenvalue weighted by molar-refractivity contribution is 8.13. The fourth-order valence-corrected chi connectivity index (χ4v) is 3.17. The van der Waals surface area contributed by atoms with Crippen molar-refractivity contribution in [2.24, 2.45) is 4.99 Å². The maximum Gasteiger partial charge on any atom is 0.407 e. The third-order valence-corrected chi connectivity index (χ3v) is 4.44. The van der Waals surface area contributed by atoms with Crippen molar-refractivity contribution in [3.05, 3.63) is 54.1 Å². The number of ether oxygens (including phenoxy) is 1. The average Bonchev–Trinajstić information content (AvgIpc) is 3.09. The summed E-state index contributed by atoms with van der Waals surface area (Å²) in [4.78, 5) is 20.8. The lowest BCUT2D eigenvalue weighted by Gasteiger charge is -2.21. The molecule has 2 aromatic rings. The number of aliphatic imine (C=N–C) groups is 1. The Balaban J connectivity index is 1.42. The Hall–Kier alpha value is -2.28. The Kier molecular flexibility index (Phi) is 5.53. The van der Waals surface area contributed by atoms with E-state index in [-0.39, 0.29) is 12.6 Å². The van der Waals surface area contributed by atoms with E-state index in [1.165, 1.54) is 0 Å². The fraction of sp³-hybridized carbons (Fsp3) is 0.353. The Morgan fingerprint density at radius 3 is 3.04 bits per heavy atom. The molecule has 1 aliphatic rings. The first-order valence-electron chi connectivity index (χ1n) is 7.84. The number of amides is 1. The fourth-order valence-electron chi connectivity index (χ4n) is 2.56. The number of carbonyl (C=O) groups excluding carboxylic acids is 1. The second-order valence-corrected chi connectivity index (χ2v) is 6.27. The summed E-state index contributed by atoms with van der Waals surface area (Å²) >= 11 is 1.60. The molecular weight excluding hydrogens is 324 g/mol. The first-order valence-corrected chi connectivity index (χ1v) is 9.06. The summed E-state index contributed by atoms with van der Waals surface area (Å²) in [5, 5.41) is 3.74. The second-order valence-electron chi connectivity index (χ2n) is 5.47. The topological polar surface area (TPSA) is 68.5 Å². The van der Waals surface area contributed by atoms with Crippen LogP contribution in [0.1, 0.15) is 17.8 Å². The van der Waals surface area contributed by atoms with Gasteiger partial charge < -0.3 is 14.6 Å². The van der Waals surface area contributed by atoms with Gasteiger partial charge in [-0.15, -0.1) is 11.8 Å². The van der Waals surface area contributed by atoms with Crippen LogP contribution in [0.3, 0.4) is 0 Å². The Labute approximate surface area is 145 Å². The van der Waals surface area contributed by atoms with Gasteiger partial charge in [0.25, 0.3) is 0 Å². The van der Waals surface area contributed by atoms with Gasteiger partial charge in [-0.3, -0.25) is 4.99 Å². The normalized spacial score (nSPS) is 16.2. The Morgan fingerprint density at radius 1 is 1.42 bits per heavy atom. The van der Waals surface area contributed by atoms with Gasteiger partial charge in [0.1, 0.15) is 11.7 Å². The van der Waals surface area contributed by atoms with E-state index < -0.39 is 6.09 Å². The SMILES string of the molecule is CSC1=NC(CCNC(=O)OCc2ccccc2)Cn2ccnc21. The zero-order valence-electron chi connectivity index (χ0n) is 13.5. The van der Waals surface area contributed by atoms with Gasteiger partial charge in [0.05, 0.1) is 6.04 Å². The molecule has 0 aliphatic carbocycles. The van der Waals surface area contributed by atoms with Crippen molar-refractivity contribution in [1.29, 1.82) is 0 Å². The summed E-state index contributed by atoms with van der Waals surface area (Å²) in [6, 6.07) is 9.77. The van der Waals surface area contributed by atoms with Crippen molar-refractivity contribution in [1.82, 2.24) is 14.9 Å². The number of benzene rings is 1. The lowest BCUT2D eigenvalue weighted by Crippen LogP contribution is -2.31. The van der Waals surface area contributed by atoms with Crippen molar-refractivity contribution in [3.63, 3.8) is 0 Å². The largest absolute Gasteiger partial charge is 0.445 e. The van der Waals surface area contributed by atoms with E-state index >= 15 is 0 Å². The van der Waals surface area contributed by atoms with Crippen LogP contribution in [-0.2, 0) is 17.9 Å². The maximum absolute atomic E-state index is 11.7. The number of nitrogens with zero attached hydrogens (tertiary/aromatic N) is 3. The van der Waals surface area contributed by atoms with Crippen LogP contribution in [0.5, 0.6) is 0 Å². The number of hydrogen-bond donors (Lipinski definition) is 1. The number of carbonyl (C=O) groups is 1. The van der Waals surface area contributed by atoms with E-state index in [1.807, 2.05) is 42.8 Å². The van der Waals surface area contributed by atoms with Crippen LogP contribution in [0.25, 0.3) is 0 Å². The van der Waals surface area contributed by atoms with Crippen molar-refractivity contribution < 1.29 is 9.53 Å². The van der Waals surface area contributed by atoms with E-state index in [1.54, 1.807) is 18.0 Å². The molecule has 24 heavy (non-hydrogen) atoms. The molecule has 0 spiro atoms. The number of nitrogens with one attached hydrogen (secondary N) is 1. The zero-order chi connectivity index (χ0) is 16.8. The van der Waals surface area contributed by atoms with Crippen LogP contribution < -0.4 is 5.32 Å². The maximum atomic E-state index is 11.7. The molecular formula is C17H20N4O2S. The molecule has 7 heteroatoms. The Morgan fingerprint density at radius 2 is 2.25 bits per heavy atom. The molecule has 126 valence electrons. The van der Waals surface area contributed by atoms with Crippen LogP contribution in [0.15, 0.2) is 47.7 Å². The molecule has 1 atom stereocenters. The number of fused-ring (bicyclic) bond motifs is 1. The molecule has 0 saturated heterocycles. The molecule has 1 unspecified atom stereocenters. The third kappa shape index (κ3) is 4.17. The van der Waals surface area contributed by atoms with Crippen molar-refractivity contribution in [2.45, 2.75) is 25.6 Å². The minimum Gasteiger partial charge on any atom is -0.445 e. The van der Waals surface area contributed by atoms with E-state index in [9.17, 15) is 4.79 Å². The van der Waals surface area contributed by atoms with Crippen LogP contribution in [0, 0.1) is 0 Å². The van der Waals surface area contributed by atoms with Crippen LogP contribution in [0.2, 0.25) is 0 Å². The minimum absolute atomic E-state index is 0.142. The summed E-state index contributed by atoms with van der Waals surface area (Å²) in [5.41, 5.74) is 0.974. The molecule has 1 aliphatic heterocycles. The van der Waals surface area contributed by atoms with Gasteiger partial charge >= 0.3 is 6.09 Å². The van der Waals surface area contributed by atoms with Crippen molar-refractivity contribution in [2.75, 3.05) is 12.8 Å². The highest BCUT2D eigenvalue weighted by Crippen LogP contribution is 2.19. The number of aromatic nitrogens is 2. The quantitative estimate of drug-likeness (QED) is 0.905. The molecule has 1 aromatic heterocycles. The van der Waals surface area contributed by atoms with E-state index in [0.717, 1.165) is 29.4 Å². The standard InChI is InChI=1S/C17H20N4O2S/c1-24-16-15-18-9-10-21(15)11-14(20-16)7-8-19-17(22)23-12-13-5-3-2-4-6-13/h2-6,9-10,14H,7-8,11-12H2,1H3,(H,19,22). The lowest BCUT2D eigenvalue weighted by atomic mass is 10.2. The number of hydrogen-bond acceptors (Lipinski definition) is 5. The molecule has 0 fully saturated rings. The number of thioether (sulfide) groups is 1. The number of imidazole rings is 1. The lowest BCUT2D eigenvalue weighted by molar-refractivity contribution is 0.139. The molecule has 2 heterocycles. The molecule has 6 nitrogen and oxygen atoms in total. The van der Waals surface area contributed by atoms with Gasteiger partial charge in [-0.25, -0.2) is 9.78 Å². The van der Waals surface area contributed by atoms with Gasteiger partial charge in [0, 0.05) is 25.5 Å². The number of rotatable bonds is 5. The van der Waals surface area contributed by atoms with Gasteiger partial charge in [-0.2, -0.15) is 0 Å². The van der Waals surface area contributed by atoms with Crippen molar-refractivity contribution in [3.8, 4) is 0 Å². The first-order chi connectivity index (χ1) is 11.8. The van der Waals surface area contributed by atoms with Crippen LogP contribution in [-0.4, -0.2) is 39.5 Å². The highest BCUT2D eigenvalue weighted by atomic mass is 32.2. The van der Waals surface area contributed by atoms with Crippen LogP contribution >= 0.6 is 11.8 Å². The first kappa shape index (κ1) is 16.6. The summed E-state index contributed by atoms with van der Waals surface area (Å²) < 4.78 is 7.31. The number of alkyl carbamates (subject to hydrolysis) is 1. The molecule has 0 saturated carbocycles. The van der Waals surface area contributed by atoms with Gasteiger partial charge in [-0.1, -0.05) is 30.3 Å². The zero-order valence-corrected chi connectivity index (χ0v) is 14.3. The summed E-state index contributed by atoms with van der Waals surface area (Å²) in [5.74, 6) is 0.925. The van der Waals surface area contributed by atoms with Crippen LogP contribution in [0.4, 0.5) is 4.79 Å². The van der Waals surface area contributed by atoms with Gasteiger partial charge in [-0.05, 0) is 18.2 Å². The van der Waals surface area contributed by atoms with E-state index in [4.69, 9.17) is 9.73 Å². The molecule has 1 aromatic carbocycles. The minimum atomic E-state index is -0.396. The Bertz CT molecular complexity index is 714. The predicted octanol–water partition coefficient (Wildman–Crippen LogP) is 2.69. The van der Waals surface area contributed by atoms with Gasteiger partial charge in [0.15, 0.2) is 5.82 Å². The summed E-state index contributed by atoms with van der Waals surface area (Å²) in [7, 11) is 0. The van der Waals surface area contributed by atoms with Gasteiger partial charge in [0.2, 0.25) is 0 Å². The molecule has 1 amide bonds. The molecule has 0 bridgehead atoms. The highest BCUT2D eigenvalue weighted by Gasteiger charge is 2.21. The molecule has 1 N–H and O–H groups in total. The summed E-state index contributed by atoms with van der Waals surface area (Å²) in [6.45, 7) is 1.61. The van der Waals surface area contributed by atoms with Crippen molar-refractivity contribution >= 4 is 22.9 Å². The third-order valence-electron chi connectivity index (χ3n) is 3.77. The van der Waals surface area contributed by atoms with E-state index in [0.29, 0.717) is 6.54 Å². The smallest absolute Gasteiger partial charge is 0.407 e. The second kappa shape index (κ2) is 8.01. The van der Waals surface area contributed by atoms with E-state index in [2.05, 4.69) is 14.9 Å².